The van der Waals surface area contributed by atoms with Crippen molar-refractivity contribution < 1.29 is 0 Å². The molecule has 0 aliphatic carbocycles. The van der Waals surface area contributed by atoms with Crippen LogP contribution in [-0.2, 0) is 6.54 Å². The fraction of sp³-hybridized carbons (Fsp3) is 0.222. The predicted octanol–water partition coefficient (Wildman–Crippen LogP) is 2.64. The first-order valence-corrected chi connectivity index (χ1v) is 5.70. The van der Waals surface area contributed by atoms with E-state index in [0.29, 0.717) is 6.54 Å². The van der Waals surface area contributed by atoms with Gasteiger partial charge in [-0.3, -0.25) is 0 Å². The zero-order chi connectivity index (χ0) is 9.26. The highest BCUT2D eigenvalue weighted by Gasteiger charge is 2.04. The fourth-order valence-corrected chi connectivity index (χ4v) is 2.64. The summed E-state index contributed by atoms with van der Waals surface area (Å²) in [6, 6.07) is 4.15. The van der Waals surface area contributed by atoms with Crippen molar-refractivity contribution in [2.75, 3.05) is 0 Å². The summed E-state index contributed by atoms with van der Waals surface area (Å²) in [6.45, 7) is 2.64. The van der Waals surface area contributed by atoms with Gasteiger partial charge in [-0.15, -0.1) is 22.7 Å². The molecule has 0 unspecified atom stereocenters. The minimum Gasteiger partial charge on any atom is -0.326 e. The smallest absolute Gasteiger partial charge is 0.0914 e. The summed E-state index contributed by atoms with van der Waals surface area (Å²) < 4.78 is 0. The Morgan fingerprint density at radius 3 is 2.85 bits per heavy atom. The van der Waals surface area contributed by atoms with Gasteiger partial charge in [-0.05, 0) is 19.1 Å². The number of nitrogens with zero attached hydrogens (tertiary/aromatic N) is 1. The Bertz CT molecular complexity index is 403. The molecule has 0 aliphatic rings. The average molecular weight is 210 g/mol. The third kappa shape index (κ3) is 1.80. The first kappa shape index (κ1) is 8.87. The first-order chi connectivity index (χ1) is 6.29. The molecular weight excluding hydrogens is 200 g/mol. The van der Waals surface area contributed by atoms with Crippen LogP contribution in [0.2, 0.25) is 0 Å². The van der Waals surface area contributed by atoms with Crippen molar-refractivity contribution in [3.63, 3.8) is 0 Å². The lowest BCUT2D eigenvalue weighted by atomic mass is 10.4. The van der Waals surface area contributed by atoms with Crippen molar-refractivity contribution in [1.82, 2.24) is 4.98 Å². The summed E-state index contributed by atoms with van der Waals surface area (Å²) >= 11 is 3.40. The number of thiazole rings is 1. The Balaban J connectivity index is 2.35. The standard InChI is InChI=1S/C9H10N2S2/c1-6-11-8(5-12-6)9-3-2-7(4-10)13-9/h2-3,5H,4,10H2,1H3. The van der Waals surface area contributed by atoms with Crippen LogP contribution in [0.4, 0.5) is 0 Å². The van der Waals surface area contributed by atoms with Crippen LogP contribution < -0.4 is 5.73 Å². The van der Waals surface area contributed by atoms with Crippen LogP contribution in [0.5, 0.6) is 0 Å². The van der Waals surface area contributed by atoms with Gasteiger partial charge in [0.05, 0.1) is 15.6 Å². The summed E-state index contributed by atoms with van der Waals surface area (Å²) in [4.78, 5) is 6.84. The Morgan fingerprint density at radius 2 is 2.31 bits per heavy atom. The molecule has 4 heteroatoms. The molecule has 0 saturated heterocycles. The first-order valence-electron chi connectivity index (χ1n) is 4.01. The molecule has 13 heavy (non-hydrogen) atoms. The fourth-order valence-electron chi connectivity index (χ4n) is 1.10. The molecule has 0 saturated carbocycles. The molecule has 0 bridgehead atoms. The number of thiophene rings is 1. The van der Waals surface area contributed by atoms with Crippen LogP contribution in [0.15, 0.2) is 17.5 Å². The van der Waals surface area contributed by atoms with Crippen molar-refractivity contribution >= 4 is 22.7 Å². The summed E-state index contributed by atoms with van der Waals surface area (Å²) in [7, 11) is 0. The molecule has 2 heterocycles. The molecule has 2 nitrogen and oxygen atoms in total. The zero-order valence-corrected chi connectivity index (χ0v) is 8.91. The van der Waals surface area contributed by atoms with Crippen LogP contribution in [0.25, 0.3) is 10.6 Å². The molecule has 0 aliphatic heterocycles. The average Bonchev–Trinajstić information content (AvgIpc) is 2.71. The van der Waals surface area contributed by atoms with E-state index >= 15 is 0 Å². The van der Waals surface area contributed by atoms with Crippen LogP contribution in [-0.4, -0.2) is 4.98 Å². The maximum absolute atomic E-state index is 5.54. The minimum atomic E-state index is 0.619. The molecule has 2 N–H and O–H groups in total. The largest absolute Gasteiger partial charge is 0.326 e. The van der Waals surface area contributed by atoms with E-state index < -0.39 is 0 Å². The Kier molecular flexibility index (Phi) is 2.44. The second-order valence-corrected chi connectivity index (χ2v) is 4.95. The van der Waals surface area contributed by atoms with Gasteiger partial charge in [-0.25, -0.2) is 4.98 Å². The van der Waals surface area contributed by atoms with Gasteiger partial charge in [-0.1, -0.05) is 0 Å². The van der Waals surface area contributed by atoms with Gasteiger partial charge in [-0.2, -0.15) is 0 Å². The maximum atomic E-state index is 5.54. The molecule has 68 valence electrons. The van der Waals surface area contributed by atoms with Gasteiger partial charge in [0.15, 0.2) is 0 Å². The van der Waals surface area contributed by atoms with E-state index in [1.807, 2.05) is 6.92 Å². The number of hydrogen-bond donors (Lipinski definition) is 1. The van der Waals surface area contributed by atoms with Gasteiger partial charge >= 0.3 is 0 Å². The SMILES string of the molecule is Cc1nc(-c2ccc(CN)s2)cs1. The highest BCUT2D eigenvalue weighted by molar-refractivity contribution is 7.16. The molecule has 2 aromatic heterocycles. The summed E-state index contributed by atoms with van der Waals surface area (Å²) in [5.74, 6) is 0. The lowest BCUT2D eigenvalue weighted by Crippen LogP contribution is -1.90. The lowest BCUT2D eigenvalue weighted by molar-refractivity contribution is 1.11. The van der Waals surface area contributed by atoms with Gasteiger partial charge in [0, 0.05) is 16.8 Å². The molecule has 0 spiro atoms. The van der Waals surface area contributed by atoms with E-state index in [-0.39, 0.29) is 0 Å². The molecule has 2 aromatic rings. The van der Waals surface area contributed by atoms with E-state index in [1.54, 1.807) is 22.7 Å². The second kappa shape index (κ2) is 3.57. The number of nitrogens with two attached hydrogens (primary N) is 1. The van der Waals surface area contributed by atoms with Gasteiger partial charge < -0.3 is 5.73 Å². The van der Waals surface area contributed by atoms with Crippen LogP contribution in [0.3, 0.4) is 0 Å². The Labute approximate surface area is 85.1 Å². The normalized spacial score (nSPS) is 10.6. The number of rotatable bonds is 2. The number of aryl methyl sites for hydroxylation is 1. The third-order valence-corrected chi connectivity index (χ3v) is 3.64. The molecule has 0 amide bonds. The maximum Gasteiger partial charge on any atom is 0.0914 e. The molecule has 0 aromatic carbocycles. The van der Waals surface area contributed by atoms with E-state index in [0.717, 1.165) is 10.7 Å². The van der Waals surface area contributed by atoms with Crippen LogP contribution in [0.1, 0.15) is 9.88 Å². The van der Waals surface area contributed by atoms with Crippen molar-refractivity contribution in [3.05, 3.63) is 27.4 Å². The molecule has 0 fully saturated rings. The quantitative estimate of drug-likeness (QED) is 0.827. The number of hydrogen-bond acceptors (Lipinski definition) is 4. The monoisotopic (exact) mass is 210 g/mol. The van der Waals surface area contributed by atoms with E-state index in [1.165, 1.54) is 9.75 Å². The van der Waals surface area contributed by atoms with Crippen molar-refractivity contribution in [3.8, 4) is 10.6 Å². The van der Waals surface area contributed by atoms with Gasteiger partial charge in [0.25, 0.3) is 0 Å². The van der Waals surface area contributed by atoms with Crippen molar-refractivity contribution in [2.24, 2.45) is 5.73 Å². The van der Waals surface area contributed by atoms with Gasteiger partial charge in [0.1, 0.15) is 0 Å². The van der Waals surface area contributed by atoms with Crippen LogP contribution >= 0.6 is 22.7 Å². The predicted molar refractivity (Wildman–Crippen MR) is 58.1 cm³/mol. The highest BCUT2D eigenvalue weighted by atomic mass is 32.1. The lowest BCUT2D eigenvalue weighted by Gasteiger charge is -1.87. The minimum absolute atomic E-state index is 0.619. The van der Waals surface area contributed by atoms with E-state index in [4.69, 9.17) is 5.73 Å². The Hall–Kier alpha value is -0.710. The highest BCUT2D eigenvalue weighted by Crippen LogP contribution is 2.28. The third-order valence-electron chi connectivity index (χ3n) is 1.73. The summed E-state index contributed by atoms with van der Waals surface area (Å²) in [6.07, 6.45) is 0. The van der Waals surface area contributed by atoms with Crippen molar-refractivity contribution in [2.45, 2.75) is 13.5 Å². The second-order valence-electron chi connectivity index (χ2n) is 2.72. The zero-order valence-electron chi connectivity index (χ0n) is 7.28. The van der Waals surface area contributed by atoms with E-state index in [2.05, 4.69) is 22.5 Å². The molecule has 2 rings (SSSR count). The molecular formula is C9H10N2S2. The summed E-state index contributed by atoms with van der Waals surface area (Å²) in [5.41, 5.74) is 6.62. The molecule has 0 atom stereocenters. The summed E-state index contributed by atoms with van der Waals surface area (Å²) in [5, 5.41) is 3.19. The topological polar surface area (TPSA) is 38.9 Å². The molecule has 0 radical (unpaired) electrons. The van der Waals surface area contributed by atoms with Gasteiger partial charge in [0.2, 0.25) is 0 Å². The van der Waals surface area contributed by atoms with Crippen molar-refractivity contribution in [1.29, 1.82) is 0 Å². The Morgan fingerprint density at radius 1 is 1.46 bits per heavy atom. The van der Waals surface area contributed by atoms with E-state index in [9.17, 15) is 0 Å². The van der Waals surface area contributed by atoms with Crippen LogP contribution in [0, 0.1) is 6.92 Å². The number of aromatic nitrogens is 1.